The number of hydrogen-bond donors (Lipinski definition) is 0. The summed E-state index contributed by atoms with van der Waals surface area (Å²) in [6.45, 7) is 0. The molecular weight excluding hydrogens is 338 g/mol. The second-order valence-corrected chi connectivity index (χ2v) is 6.82. The molecule has 27 heavy (non-hydrogen) atoms. The highest BCUT2D eigenvalue weighted by molar-refractivity contribution is 5.82. The van der Waals surface area contributed by atoms with Crippen LogP contribution >= 0.6 is 0 Å². The first kappa shape index (κ1) is 16.0. The number of benzene rings is 4. The van der Waals surface area contributed by atoms with Crippen molar-refractivity contribution >= 4 is 0 Å². The standard InChI is InChI=1S/C25H16F2/c26-25(27)23-9-5-4-8-21(23)22-15-14-20(16-24(22)25)19-12-10-18(11-13-19)17-6-2-1-3-7-17/h1-16H. The molecule has 0 spiro atoms. The van der Waals surface area contributed by atoms with Gasteiger partial charge in [-0.2, -0.15) is 8.78 Å². The normalized spacial score (nSPS) is 13.9. The molecule has 0 saturated carbocycles. The molecule has 0 atom stereocenters. The molecule has 0 aliphatic heterocycles. The van der Waals surface area contributed by atoms with Gasteiger partial charge < -0.3 is 0 Å². The maximum atomic E-state index is 14.9. The molecule has 130 valence electrons. The molecule has 0 amide bonds. The maximum absolute atomic E-state index is 14.9. The van der Waals surface area contributed by atoms with Crippen molar-refractivity contribution in [3.63, 3.8) is 0 Å². The molecule has 0 heterocycles. The van der Waals surface area contributed by atoms with Gasteiger partial charge in [-0.3, -0.25) is 0 Å². The Morgan fingerprint density at radius 1 is 0.444 bits per heavy atom. The number of halogens is 2. The van der Waals surface area contributed by atoms with Crippen molar-refractivity contribution in [2.45, 2.75) is 5.92 Å². The van der Waals surface area contributed by atoms with Gasteiger partial charge in [-0.05, 0) is 39.4 Å². The Kier molecular flexibility index (Phi) is 3.48. The van der Waals surface area contributed by atoms with Gasteiger partial charge in [0, 0.05) is 11.1 Å². The van der Waals surface area contributed by atoms with Gasteiger partial charge in [-0.15, -0.1) is 0 Å². The van der Waals surface area contributed by atoms with Crippen molar-refractivity contribution in [2.75, 3.05) is 0 Å². The van der Waals surface area contributed by atoms with Crippen LogP contribution in [0.3, 0.4) is 0 Å². The molecular formula is C25H16F2. The molecule has 0 unspecified atom stereocenters. The smallest absolute Gasteiger partial charge is 0.196 e. The summed E-state index contributed by atoms with van der Waals surface area (Å²) < 4.78 is 29.8. The van der Waals surface area contributed by atoms with Gasteiger partial charge in [-0.1, -0.05) is 91.0 Å². The molecule has 0 N–H and O–H groups in total. The summed E-state index contributed by atoms with van der Waals surface area (Å²) >= 11 is 0. The fourth-order valence-corrected chi connectivity index (χ4v) is 3.84. The SMILES string of the molecule is FC1(F)c2ccccc2-c2ccc(-c3ccc(-c4ccccc4)cc3)cc21. The van der Waals surface area contributed by atoms with E-state index in [1.54, 1.807) is 24.3 Å². The Morgan fingerprint density at radius 2 is 0.963 bits per heavy atom. The number of alkyl halides is 2. The quantitative estimate of drug-likeness (QED) is 0.359. The number of rotatable bonds is 2. The second kappa shape index (κ2) is 5.88. The summed E-state index contributed by atoms with van der Waals surface area (Å²) in [4.78, 5) is 0. The Labute approximate surface area is 156 Å². The van der Waals surface area contributed by atoms with Crippen molar-refractivity contribution in [3.8, 4) is 33.4 Å². The van der Waals surface area contributed by atoms with Gasteiger partial charge in [0.15, 0.2) is 0 Å². The lowest BCUT2D eigenvalue weighted by molar-refractivity contribution is 0.0480. The van der Waals surface area contributed by atoms with Gasteiger partial charge in [0.25, 0.3) is 5.92 Å². The van der Waals surface area contributed by atoms with Crippen LogP contribution in [0.1, 0.15) is 11.1 Å². The fourth-order valence-electron chi connectivity index (χ4n) is 3.84. The summed E-state index contributed by atoms with van der Waals surface area (Å²) in [5.74, 6) is -2.95. The summed E-state index contributed by atoms with van der Waals surface area (Å²) in [6.07, 6.45) is 0. The lowest BCUT2D eigenvalue weighted by atomic mass is 9.96. The van der Waals surface area contributed by atoms with Crippen LogP contribution in [0.4, 0.5) is 8.78 Å². The zero-order chi connectivity index (χ0) is 18.4. The molecule has 1 aliphatic rings. The summed E-state index contributed by atoms with van der Waals surface area (Å²) in [7, 11) is 0. The minimum atomic E-state index is -2.95. The van der Waals surface area contributed by atoms with Gasteiger partial charge in [0.05, 0.1) is 0 Å². The third-order valence-electron chi connectivity index (χ3n) is 5.24. The predicted molar refractivity (Wildman–Crippen MR) is 106 cm³/mol. The summed E-state index contributed by atoms with van der Waals surface area (Å²) in [5.41, 5.74) is 5.43. The number of fused-ring (bicyclic) bond motifs is 3. The molecule has 0 fully saturated rings. The van der Waals surface area contributed by atoms with E-state index < -0.39 is 5.92 Å². The van der Waals surface area contributed by atoms with Crippen molar-refractivity contribution in [3.05, 3.63) is 108 Å². The molecule has 0 radical (unpaired) electrons. The Morgan fingerprint density at radius 3 is 1.70 bits per heavy atom. The maximum Gasteiger partial charge on any atom is 0.299 e. The second-order valence-electron chi connectivity index (χ2n) is 6.82. The first-order valence-electron chi connectivity index (χ1n) is 8.93. The molecule has 1 aliphatic carbocycles. The topological polar surface area (TPSA) is 0 Å². The summed E-state index contributed by atoms with van der Waals surface area (Å²) in [5, 5.41) is 0. The van der Waals surface area contributed by atoms with Crippen LogP contribution in [0, 0.1) is 0 Å². The Hall–Kier alpha value is -3.26. The summed E-state index contributed by atoms with van der Waals surface area (Å²) in [6, 6.07) is 30.3. The zero-order valence-electron chi connectivity index (χ0n) is 14.5. The van der Waals surface area contributed by atoms with Crippen molar-refractivity contribution in [1.29, 1.82) is 0 Å². The van der Waals surface area contributed by atoms with Gasteiger partial charge in [0.2, 0.25) is 0 Å². The first-order valence-corrected chi connectivity index (χ1v) is 8.93. The highest BCUT2D eigenvalue weighted by atomic mass is 19.3. The van der Waals surface area contributed by atoms with Crippen LogP contribution in [0.15, 0.2) is 97.1 Å². The van der Waals surface area contributed by atoms with E-state index >= 15 is 0 Å². The van der Waals surface area contributed by atoms with Crippen LogP contribution < -0.4 is 0 Å². The number of hydrogen-bond acceptors (Lipinski definition) is 0. The van der Waals surface area contributed by atoms with Gasteiger partial charge in [0.1, 0.15) is 0 Å². The molecule has 0 nitrogen and oxygen atoms in total. The zero-order valence-corrected chi connectivity index (χ0v) is 14.5. The highest BCUT2D eigenvalue weighted by Gasteiger charge is 2.44. The lowest BCUT2D eigenvalue weighted by Gasteiger charge is -2.13. The Bertz CT molecular complexity index is 1130. The first-order chi connectivity index (χ1) is 13.1. The predicted octanol–water partition coefficient (Wildman–Crippen LogP) is 7.14. The van der Waals surface area contributed by atoms with Crippen molar-refractivity contribution in [1.82, 2.24) is 0 Å². The fraction of sp³-hybridized carbons (Fsp3) is 0.0400. The van der Waals surface area contributed by atoms with Crippen LogP contribution in [0.25, 0.3) is 33.4 Å². The van der Waals surface area contributed by atoms with Crippen molar-refractivity contribution < 1.29 is 8.78 Å². The van der Waals surface area contributed by atoms with E-state index in [9.17, 15) is 8.78 Å². The van der Waals surface area contributed by atoms with Crippen LogP contribution in [-0.2, 0) is 5.92 Å². The van der Waals surface area contributed by atoms with E-state index in [-0.39, 0.29) is 11.1 Å². The molecule has 0 aromatic heterocycles. The largest absolute Gasteiger partial charge is 0.299 e. The lowest BCUT2D eigenvalue weighted by Crippen LogP contribution is -2.10. The molecule has 4 aromatic carbocycles. The van der Waals surface area contributed by atoms with Gasteiger partial charge >= 0.3 is 0 Å². The minimum Gasteiger partial charge on any atom is -0.196 e. The monoisotopic (exact) mass is 354 g/mol. The van der Waals surface area contributed by atoms with Gasteiger partial charge in [-0.25, -0.2) is 0 Å². The van der Waals surface area contributed by atoms with E-state index in [0.29, 0.717) is 11.1 Å². The van der Waals surface area contributed by atoms with Crippen LogP contribution in [0.2, 0.25) is 0 Å². The van der Waals surface area contributed by atoms with E-state index in [1.165, 1.54) is 6.07 Å². The highest BCUT2D eigenvalue weighted by Crippen LogP contribution is 2.51. The molecule has 4 aromatic rings. The van der Waals surface area contributed by atoms with Crippen LogP contribution in [-0.4, -0.2) is 0 Å². The molecule has 0 bridgehead atoms. The third kappa shape index (κ3) is 2.48. The average molecular weight is 354 g/mol. The molecule has 2 heteroatoms. The van der Waals surface area contributed by atoms with E-state index in [4.69, 9.17) is 0 Å². The molecule has 5 rings (SSSR count). The van der Waals surface area contributed by atoms with E-state index in [0.717, 1.165) is 22.3 Å². The third-order valence-corrected chi connectivity index (χ3v) is 5.24. The van der Waals surface area contributed by atoms with E-state index in [1.807, 2.05) is 54.6 Å². The van der Waals surface area contributed by atoms with Crippen molar-refractivity contribution in [2.24, 2.45) is 0 Å². The molecule has 0 saturated heterocycles. The van der Waals surface area contributed by atoms with Crippen LogP contribution in [0.5, 0.6) is 0 Å². The van der Waals surface area contributed by atoms with E-state index in [2.05, 4.69) is 12.1 Å². The minimum absolute atomic E-state index is 0.0911. The average Bonchev–Trinajstić information content (AvgIpc) is 2.96. The Balaban J connectivity index is 1.56.